The molecule has 0 aliphatic carbocycles. The average Bonchev–Trinajstić information content (AvgIpc) is 2.32. The van der Waals surface area contributed by atoms with Gasteiger partial charge in [-0.3, -0.25) is 0 Å². The first-order valence-electron chi connectivity index (χ1n) is 4.97. The van der Waals surface area contributed by atoms with E-state index in [2.05, 4.69) is 0 Å². The fraction of sp³-hybridized carbons (Fsp3) is 0.0769. The maximum atomic E-state index is 13.5. The Morgan fingerprint density at radius 1 is 1.00 bits per heavy atom. The number of halogens is 3. The summed E-state index contributed by atoms with van der Waals surface area (Å²) < 4.78 is 13.5. The second kappa shape index (κ2) is 5.05. The van der Waals surface area contributed by atoms with Crippen molar-refractivity contribution in [1.29, 1.82) is 0 Å². The number of benzene rings is 2. The number of hydrogen-bond acceptors (Lipinski definition) is 1. The molecule has 0 spiro atoms. The minimum atomic E-state index is -0.457. The molecule has 1 N–H and O–H groups in total. The average molecular weight is 271 g/mol. The number of hydrogen-bond donors (Lipinski definition) is 1. The van der Waals surface area contributed by atoms with Crippen molar-refractivity contribution in [3.05, 3.63) is 57.8 Å². The first-order valence-corrected chi connectivity index (χ1v) is 5.73. The van der Waals surface area contributed by atoms with Crippen molar-refractivity contribution in [2.24, 2.45) is 0 Å². The van der Waals surface area contributed by atoms with Crippen molar-refractivity contribution in [2.75, 3.05) is 0 Å². The van der Waals surface area contributed by atoms with E-state index < -0.39 is 5.82 Å². The highest BCUT2D eigenvalue weighted by Gasteiger charge is 2.13. The molecule has 2 aromatic carbocycles. The molecule has 88 valence electrons. The summed E-state index contributed by atoms with van der Waals surface area (Å²) in [6.45, 7) is -0.384. The third-order valence-corrected chi connectivity index (χ3v) is 3.34. The lowest BCUT2D eigenvalue weighted by Crippen LogP contribution is -1.94. The first-order chi connectivity index (χ1) is 8.15. The van der Waals surface area contributed by atoms with E-state index in [1.807, 2.05) is 0 Å². The minimum absolute atomic E-state index is 0.219. The fourth-order valence-electron chi connectivity index (χ4n) is 1.68. The largest absolute Gasteiger partial charge is 0.392 e. The lowest BCUT2D eigenvalue weighted by atomic mass is 9.99. The predicted molar refractivity (Wildman–Crippen MR) is 67.8 cm³/mol. The molecule has 2 aromatic rings. The van der Waals surface area contributed by atoms with Crippen LogP contribution in [-0.4, -0.2) is 5.11 Å². The standard InChI is InChI=1S/C13H9Cl2FO/c14-11-5-1-4-9(13(11)15)8-3-2-6-12(16)10(8)7-17/h1-6,17H,7H2. The second-order valence-electron chi connectivity index (χ2n) is 3.53. The third kappa shape index (κ3) is 2.29. The van der Waals surface area contributed by atoms with Crippen LogP contribution in [0.5, 0.6) is 0 Å². The van der Waals surface area contributed by atoms with Crippen LogP contribution in [0.25, 0.3) is 11.1 Å². The molecule has 0 bridgehead atoms. The van der Waals surface area contributed by atoms with Gasteiger partial charge in [0.05, 0.1) is 16.7 Å². The quantitative estimate of drug-likeness (QED) is 0.863. The Labute approximate surface area is 108 Å². The highest BCUT2D eigenvalue weighted by Crippen LogP contribution is 2.35. The van der Waals surface area contributed by atoms with E-state index in [1.165, 1.54) is 6.07 Å². The van der Waals surface area contributed by atoms with E-state index in [0.29, 0.717) is 21.2 Å². The Kier molecular flexibility index (Phi) is 3.67. The summed E-state index contributed by atoms with van der Waals surface area (Å²) in [7, 11) is 0. The van der Waals surface area contributed by atoms with Gasteiger partial charge in [-0.1, -0.05) is 47.5 Å². The molecular formula is C13H9Cl2FO. The van der Waals surface area contributed by atoms with Crippen LogP contribution in [-0.2, 0) is 6.61 Å². The van der Waals surface area contributed by atoms with Gasteiger partial charge in [0.25, 0.3) is 0 Å². The fourth-order valence-corrected chi connectivity index (χ4v) is 2.09. The number of aliphatic hydroxyl groups is 1. The van der Waals surface area contributed by atoms with Crippen LogP contribution in [0, 0.1) is 5.82 Å². The molecular weight excluding hydrogens is 262 g/mol. The molecule has 0 atom stereocenters. The summed E-state index contributed by atoms with van der Waals surface area (Å²) in [4.78, 5) is 0. The van der Waals surface area contributed by atoms with Crippen molar-refractivity contribution in [3.63, 3.8) is 0 Å². The Bertz CT molecular complexity index is 555. The summed E-state index contributed by atoms with van der Waals surface area (Å²) in [5.74, 6) is -0.457. The van der Waals surface area contributed by atoms with E-state index in [9.17, 15) is 9.50 Å². The summed E-state index contributed by atoms with van der Waals surface area (Å²) in [6.07, 6.45) is 0. The normalized spacial score (nSPS) is 10.6. The molecule has 0 radical (unpaired) electrons. The molecule has 0 saturated heterocycles. The van der Waals surface area contributed by atoms with Crippen molar-refractivity contribution >= 4 is 23.2 Å². The zero-order valence-corrected chi connectivity index (χ0v) is 10.3. The molecule has 0 amide bonds. The SMILES string of the molecule is OCc1c(F)cccc1-c1cccc(Cl)c1Cl. The summed E-state index contributed by atoms with van der Waals surface area (Å²) in [5, 5.41) is 9.96. The third-order valence-electron chi connectivity index (χ3n) is 2.52. The molecule has 0 aliphatic heterocycles. The van der Waals surface area contributed by atoms with E-state index in [0.717, 1.165) is 0 Å². The highest BCUT2D eigenvalue weighted by molar-refractivity contribution is 6.43. The van der Waals surface area contributed by atoms with Gasteiger partial charge in [-0.15, -0.1) is 0 Å². The van der Waals surface area contributed by atoms with Gasteiger partial charge < -0.3 is 5.11 Å². The van der Waals surface area contributed by atoms with Crippen LogP contribution in [0.2, 0.25) is 10.0 Å². The van der Waals surface area contributed by atoms with Gasteiger partial charge in [0, 0.05) is 11.1 Å². The van der Waals surface area contributed by atoms with Gasteiger partial charge in [0.1, 0.15) is 5.82 Å². The van der Waals surface area contributed by atoms with Crippen LogP contribution >= 0.6 is 23.2 Å². The Balaban J connectivity index is 2.68. The van der Waals surface area contributed by atoms with E-state index >= 15 is 0 Å². The maximum Gasteiger partial charge on any atom is 0.129 e. The van der Waals surface area contributed by atoms with E-state index in [4.69, 9.17) is 23.2 Å². The van der Waals surface area contributed by atoms with Crippen LogP contribution < -0.4 is 0 Å². The van der Waals surface area contributed by atoms with Crippen molar-refractivity contribution in [1.82, 2.24) is 0 Å². The van der Waals surface area contributed by atoms with Gasteiger partial charge in [0.15, 0.2) is 0 Å². The molecule has 0 aromatic heterocycles. The Hall–Kier alpha value is -1.09. The van der Waals surface area contributed by atoms with Crippen LogP contribution in [0.1, 0.15) is 5.56 Å². The molecule has 0 unspecified atom stereocenters. The molecule has 0 saturated carbocycles. The summed E-state index contributed by atoms with van der Waals surface area (Å²) in [5.41, 5.74) is 1.39. The van der Waals surface area contributed by atoms with Crippen LogP contribution in [0.3, 0.4) is 0 Å². The van der Waals surface area contributed by atoms with Crippen molar-refractivity contribution < 1.29 is 9.50 Å². The van der Waals surface area contributed by atoms with Gasteiger partial charge in [0.2, 0.25) is 0 Å². The zero-order valence-electron chi connectivity index (χ0n) is 8.75. The van der Waals surface area contributed by atoms with Gasteiger partial charge >= 0.3 is 0 Å². The summed E-state index contributed by atoms with van der Waals surface area (Å²) in [6, 6.07) is 9.70. The topological polar surface area (TPSA) is 20.2 Å². The molecule has 0 heterocycles. The molecule has 17 heavy (non-hydrogen) atoms. The minimum Gasteiger partial charge on any atom is -0.392 e. The van der Waals surface area contributed by atoms with E-state index in [1.54, 1.807) is 30.3 Å². The lowest BCUT2D eigenvalue weighted by Gasteiger charge is -2.11. The zero-order chi connectivity index (χ0) is 12.4. The number of aliphatic hydroxyl groups excluding tert-OH is 1. The summed E-state index contributed by atoms with van der Waals surface area (Å²) >= 11 is 12.0. The first kappa shape index (κ1) is 12.4. The number of rotatable bonds is 2. The van der Waals surface area contributed by atoms with Crippen LogP contribution in [0.15, 0.2) is 36.4 Å². The highest BCUT2D eigenvalue weighted by atomic mass is 35.5. The molecule has 0 aliphatic rings. The molecule has 4 heteroatoms. The Morgan fingerprint density at radius 2 is 1.65 bits per heavy atom. The smallest absolute Gasteiger partial charge is 0.129 e. The Morgan fingerprint density at radius 3 is 2.35 bits per heavy atom. The molecule has 0 fully saturated rings. The van der Waals surface area contributed by atoms with E-state index in [-0.39, 0.29) is 12.2 Å². The lowest BCUT2D eigenvalue weighted by molar-refractivity contribution is 0.276. The monoisotopic (exact) mass is 270 g/mol. The van der Waals surface area contributed by atoms with Gasteiger partial charge in [-0.2, -0.15) is 0 Å². The van der Waals surface area contributed by atoms with Crippen molar-refractivity contribution in [3.8, 4) is 11.1 Å². The van der Waals surface area contributed by atoms with Gasteiger partial charge in [-0.05, 0) is 17.7 Å². The second-order valence-corrected chi connectivity index (χ2v) is 4.31. The van der Waals surface area contributed by atoms with Gasteiger partial charge in [-0.25, -0.2) is 4.39 Å². The predicted octanol–water partition coefficient (Wildman–Crippen LogP) is 4.29. The maximum absolute atomic E-state index is 13.5. The van der Waals surface area contributed by atoms with Crippen LogP contribution in [0.4, 0.5) is 4.39 Å². The molecule has 1 nitrogen and oxygen atoms in total. The van der Waals surface area contributed by atoms with Crippen molar-refractivity contribution in [2.45, 2.75) is 6.61 Å². The molecule has 2 rings (SSSR count).